The second-order valence-electron chi connectivity index (χ2n) is 7.04. The van der Waals surface area contributed by atoms with Crippen LogP contribution in [0, 0.1) is 0 Å². The van der Waals surface area contributed by atoms with Crippen LogP contribution in [0.3, 0.4) is 0 Å². The lowest BCUT2D eigenvalue weighted by Gasteiger charge is -2.16. The van der Waals surface area contributed by atoms with E-state index in [0.717, 1.165) is 24.1 Å². The van der Waals surface area contributed by atoms with Gasteiger partial charge in [0.1, 0.15) is 5.69 Å². The highest BCUT2D eigenvalue weighted by Gasteiger charge is 2.26. The summed E-state index contributed by atoms with van der Waals surface area (Å²) >= 11 is 0. The third-order valence-electron chi connectivity index (χ3n) is 4.68. The van der Waals surface area contributed by atoms with Crippen LogP contribution in [-0.2, 0) is 4.79 Å². The number of carbonyl (C=O) groups excluding carboxylic acids is 2. The van der Waals surface area contributed by atoms with E-state index in [1.165, 1.54) is 4.90 Å². The van der Waals surface area contributed by atoms with Gasteiger partial charge in [-0.1, -0.05) is 48.5 Å². The van der Waals surface area contributed by atoms with E-state index in [4.69, 9.17) is 0 Å². The highest BCUT2D eigenvalue weighted by atomic mass is 16.2. The largest absolute Gasteiger partial charge is 0.352 e. The van der Waals surface area contributed by atoms with E-state index >= 15 is 0 Å². The Bertz CT molecular complexity index is 978. The van der Waals surface area contributed by atoms with E-state index in [2.05, 4.69) is 10.4 Å². The summed E-state index contributed by atoms with van der Waals surface area (Å²) in [7, 11) is 1.64. The molecular formula is C22H22N4O2. The van der Waals surface area contributed by atoms with E-state index in [1.807, 2.05) is 60.7 Å². The Balaban J connectivity index is 1.65. The summed E-state index contributed by atoms with van der Waals surface area (Å²) in [5.41, 5.74) is 2.80. The Morgan fingerprint density at radius 1 is 1.07 bits per heavy atom. The molecule has 0 radical (unpaired) electrons. The van der Waals surface area contributed by atoms with Gasteiger partial charge in [-0.3, -0.25) is 9.59 Å². The molecule has 0 unspecified atom stereocenters. The maximum Gasteiger partial charge on any atom is 0.257 e. The molecule has 1 N–H and O–H groups in total. The van der Waals surface area contributed by atoms with Crippen LogP contribution in [-0.4, -0.2) is 46.1 Å². The van der Waals surface area contributed by atoms with Gasteiger partial charge in [0.2, 0.25) is 5.91 Å². The molecule has 6 heteroatoms. The van der Waals surface area contributed by atoms with Crippen LogP contribution in [0.25, 0.3) is 16.9 Å². The zero-order chi connectivity index (χ0) is 19.5. The molecule has 3 aromatic rings. The van der Waals surface area contributed by atoms with Gasteiger partial charge < -0.3 is 10.2 Å². The quantitative estimate of drug-likeness (QED) is 0.721. The molecule has 1 saturated carbocycles. The first-order valence-electron chi connectivity index (χ1n) is 9.37. The maximum atomic E-state index is 13.1. The number of benzene rings is 2. The van der Waals surface area contributed by atoms with Crippen molar-refractivity contribution in [2.24, 2.45) is 0 Å². The number of nitrogens with one attached hydrogen (secondary N) is 1. The van der Waals surface area contributed by atoms with Crippen molar-refractivity contribution in [3.63, 3.8) is 0 Å². The molecule has 1 heterocycles. The number of hydrogen-bond acceptors (Lipinski definition) is 3. The molecule has 0 spiro atoms. The topological polar surface area (TPSA) is 67.2 Å². The number of amides is 2. The van der Waals surface area contributed by atoms with Gasteiger partial charge in [-0.25, -0.2) is 4.68 Å². The molecule has 1 aliphatic carbocycles. The molecule has 2 aromatic carbocycles. The first-order chi connectivity index (χ1) is 13.6. The minimum Gasteiger partial charge on any atom is -0.352 e. The fourth-order valence-electron chi connectivity index (χ4n) is 3.05. The van der Waals surface area contributed by atoms with Gasteiger partial charge >= 0.3 is 0 Å². The molecule has 6 nitrogen and oxygen atoms in total. The van der Waals surface area contributed by atoms with Gasteiger partial charge in [-0.15, -0.1) is 0 Å². The van der Waals surface area contributed by atoms with Gasteiger partial charge in [0, 0.05) is 24.8 Å². The molecule has 0 saturated heterocycles. The normalized spacial score (nSPS) is 13.2. The third-order valence-corrected chi connectivity index (χ3v) is 4.68. The van der Waals surface area contributed by atoms with Crippen LogP contribution in [0.5, 0.6) is 0 Å². The highest BCUT2D eigenvalue weighted by molar-refractivity contribution is 6.01. The molecule has 0 bridgehead atoms. The number of aromatic nitrogens is 2. The Labute approximate surface area is 163 Å². The van der Waals surface area contributed by atoms with Crippen molar-refractivity contribution in [1.82, 2.24) is 20.0 Å². The fraction of sp³-hybridized carbons (Fsp3) is 0.227. The summed E-state index contributed by atoms with van der Waals surface area (Å²) in [5.74, 6) is -0.359. The second kappa shape index (κ2) is 7.68. The summed E-state index contributed by atoms with van der Waals surface area (Å²) in [4.78, 5) is 26.6. The molecule has 0 atom stereocenters. The van der Waals surface area contributed by atoms with Crippen molar-refractivity contribution in [2.75, 3.05) is 13.6 Å². The van der Waals surface area contributed by atoms with Crippen LogP contribution < -0.4 is 5.32 Å². The molecule has 1 aliphatic rings. The van der Waals surface area contributed by atoms with E-state index in [0.29, 0.717) is 11.3 Å². The fourth-order valence-corrected chi connectivity index (χ4v) is 3.05. The second-order valence-corrected chi connectivity index (χ2v) is 7.04. The predicted octanol–water partition coefficient (Wildman–Crippen LogP) is 2.89. The zero-order valence-corrected chi connectivity index (χ0v) is 15.7. The molecule has 2 amide bonds. The van der Waals surface area contributed by atoms with Crippen molar-refractivity contribution in [3.05, 3.63) is 72.4 Å². The Kier molecular flexibility index (Phi) is 4.93. The molecule has 1 aromatic heterocycles. The summed E-state index contributed by atoms with van der Waals surface area (Å²) in [6.45, 7) is 0.0279. The molecular weight excluding hydrogens is 352 g/mol. The summed E-state index contributed by atoms with van der Waals surface area (Å²) < 4.78 is 1.70. The number of rotatable bonds is 6. The number of para-hydroxylation sites is 1. The third kappa shape index (κ3) is 3.96. The molecule has 0 aliphatic heterocycles. The van der Waals surface area contributed by atoms with Crippen LogP contribution in [0.4, 0.5) is 0 Å². The van der Waals surface area contributed by atoms with Crippen molar-refractivity contribution in [1.29, 1.82) is 0 Å². The number of carbonyl (C=O) groups is 2. The van der Waals surface area contributed by atoms with E-state index in [1.54, 1.807) is 17.9 Å². The zero-order valence-electron chi connectivity index (χ0n) is 15.7. The van der Waals surface area contributed by atoms with Gasteiger partial charge in [0.25, 0.3) is 5.91 Å². The lowest BCUT2D eigenvalue weighted by atomic mass is 10.1. The smallest absolute Gasteiger partial charge is 0.257 e. The van der Waals surface area contributed by atoms with Crippen molar-refractivity contribution >= 4 is 11.8 Å². The summed E-state index contributed by atoms with van der Waals surface area (Å²) in [6.07, 6.45) is 3.77. The first kappa shape index (κ1) is 18.0. The van der Waals surface area contributed by atoms with E-state index < -0.39 is 0 Å². The van der Waals surface area contributed by atoms with Crippen LogP contribution in [0.2, 0.25) is 0 Å². The minimum atomic E-state index is -0.230. The number of hydrogen-bond donors (Lipinski definition) is 1. The Hall–Kier alpha value is -3.41. The SMILES string of the molecule is CN(CC(=O)NC1CC1)C(=O)c1cn(-c2ccccc2)nc1-c1ccccc1. The lowest BCUT2D eigenvalue weighted by molar-refractivity contribution is -0.121. The van der Waals surface area contributed by atoms with Crippen LogP contribution in [0.1, 0.15) is 23.2 Å². The average molecular weight is 374 g/mol. The highest BCUT2D eigenvalue weighted by Crippen LogP contribution is 2.25. The summed E-state index contributed by atoms with van der Waals surface area (Å²) in [6, 6.07) is 19.5. The number of likely N-dealkylation sites (N-methyl/N-ethyl adjacent to an activating group) is 1. The van der Waals surface area contributed by atoms with Crippen molar-refractivity contribution in [2.45, 2.75) is 18.9 Å². The maximum absolute atomic E-state index is 13.1. The van der Waals surface area contributed by atoms with Crippen molar-refractivity contribution < 1.29 is 9.59 Å². The Morgan fingerprint density at radius 2 is 1.71 bits per heavy atom. The average Bonchev–Trinajstić information content (AvgIpc) is 3.42. The monoisotopic (exact) mass is 374 g/mol. The molecule has 1 fully saturated rings. The minimum absolute atomic E-state index is 0.0279. The molecule has 28 heavy (non-hydrogen) atoms. The molecule has 4 rings (SSSR count). The van der Waals surface area contributed by atoms with Crippen molar-refractivity contribution in [3.8, 4) is 16.9 Å². The summed E-state index contributed by atoms with van der Waals surface area (Å²) in [5, 5.41) is 7.58. The predicted molar refractivity (Wildman–Crippen MR) is 107 cm³/mol. The first-order valence-corrected chi connectivity index (χ1v) is 9.37. The number of nitrogens with zero attached hydrogens (tertiary/aromatic N) is 3. The van der Waals surface area contributed by atoms with Crippen LogP contribution >= 0.6 is 0 Å². The Morgan fingerprint density at radius 3 is 2.36 bits per heavy atom. The van der Waals surface area contributed by atoms with E-state index in [-0.39, 0.29) is 24.4 Å². The van der Waals surface area contributed by atoms with E-state index in [9.17, 15) is 9.59 Å². The lowest BCUT2D eigenvalue weighted by Crippen LogP contribution is -2.39. The van der Waals surface area contributed by atoms with Gasteiger partial charge in [0.05, 0.1) is 17.8 Å². The van der Waals surface area contributed by atoms with Crippen LogP contribution in [0.15, 0.2) is 66.9 Å². The van der Waals surface area contributed by atoms with Gasteiger partial charge in [0.15, 0.2) is 0 Å². The standard InChI is InChI=1S/C22H22N4O2/c1-25(15-20(27)23-17-12-13-17)22(28)19-14-26(18-10-6-3-7-11-18)24-21(19)16-8-4-2-5-9-16/h2-11,14,17H,12-13,15H2,1H3,(H,23,27). The van der Waals surface area contributed by atoms with Gasteiger partial charge in [-0.05, 0) is 25.0 Å². The molecule has 142 valence electrons. The van der Waals surface area contributed by atoms with Gasteiger partial charge in [-0.2, -0.15) is 5.10 Å².